The highest BCUT2D eigenvalue weighted by molar-refractivity contribution is 7.89. The first-order valence-corrected chi connectivity index (χ1v) is 10.7. The van der Waals surface area contributed by atoms with Crippen LogP contribution in [-0.4, -0.2) is 46.8 Å². The predicted molar refractivity (Wildman–Crippen MR) is 107 cm³/mol. The Labute approximate surface area is 173 Å². The fraction of sp³-hybridized carbons (Fsp3) is 0.250. The van der Waals surface area contributed by atoms with Crippen LogP contribution in [0.15, 0.2) is 71.8 Å². The summed E-state index contributed by atoms with van der Waals surface area (Å²) in [6.45, 7) is 1.82. The molecule has 9 nitrogen and oxygen atoms in total. The average molecular weight is 429 g/mol. The maximum Gasteiger partial charge on any atom is 0.414 e. The number of hydrogen-bond donors (Lipinski definition) is 0. The number of carbonyl (C=O) groups excluding carboxylic acids is 1. The van der Waals surface area contributed by atoms with Crippen molar-refractivity contribution < 1.29 is 22.9 Å². The SMILES string of the molecule is C[C@@H]1[C@H]2[C@@H](C=CN1C(=O)OCc1ccccc1)N2S(=O)(=O)c1ccccc1[N+](=O)[O-]. The lowest BCUT2D eigenvalue weighted by molar-refractivity contribution is -0.387. The number of nitro groups is 1. The third-order valence-corrected chi connectivity index (χ3v) is 7.20. The molecule has 10 heteroatoms. The summed E-state index contributed by atoms with van der Waals surface area (Å²) < 4.78 is 32.7. The van der Waals surface area contributed by atoms with Crippen LogP contribution in [0.25, 0.3) is 0 Å². The van der Waals surface area contributed by atoms with Crippen LogP contribution in [0.2, 0.25) is 0 Å². The summed E-state index contributed by atoms with van der Waals surface area (Å²) in [5, 5.41) is 11.3. The summed E-state index contributed by atoms with van der Waals surface area (Å²) in [5.41, 5.74) is 0.362. The number of carbonyl (C=O) groups is 1. The van der Waals surface area contributed by atoms with E-state index >= 15 is 0 Å². The van der Waals surface area contributed by atoms with Crippen molar-refractivity contribution in [3.63, 3.8) is 0 Å². The number of nitrogens with zero attached hydrogens (tertiary/aromatic N) is 3. The van der Waals surface area contributed by atoms with Crippen molar-refractivity contribution in [2.75, 3.05) is 0 Å². The maximum absolute atomic E-state index is 13.1. The van der Waals surface area contributed by atoms with E-state index in [1.165, 1.54) is 33.6 Å². The van der Waals surface area contributed by atoms with E-state index in [9.17, 15) is 23.3 Å². The second-order valence-electron chi connectivity index (χ2n) is 7.07. The van der Waals surface area contributed by atoms with Gasteiger partial charge in [0.1, 0.15) is 6.61 Å². The molecule has 156 valence electrons. The third kappa shape index (κ3) is 3.44. The molecule has 0 saturated carbocycles. The van der Waals surface area contributed by atoms with Gasteiger partial charge in [-0.15, -0.1) is 0 Å². The van der Waals surface area contributed by atoms with Crippen molar-refractivity contribution in [2.24, 2.45) is 0 Å². The van der Waals surface area contributed by atoms with E-state index in [2.05, 4.69) is 0 Å². The number of nitro benzene ring substituents is 1. The topological polar surface area (TPSA) is 110 Å². The fourth-order valence-corrected chi connectivity index (χ4v) is 5.67. The maximum atomic E-state index is 13.1. The minimum Gasteiger partial charge on any atom is -0.444 e. The van der Waals surface area contributed by atoms with Gasteiger partial charge in [-0.25, -0.2) is 13.2 Å². The van der Waals surface area contributed by atoms with Crippen LogP contribution in [0, 0.1) is 10.1 Å². The van der Waals surface area contributed by atoms with Crippen LogP contribution in [0.3, 0.4) is 0 Å². The standard InChI is InChI=1S/C20H19N3O6S/c1-14-19-17(11-12-21(14)20(24)29-13-15-7-3-2-4-8-15)22(19)30(27,28)18-10-6-5-9-16(18)23(25)26/h2-12,14,17,19H,13H2,1H3/t14-,17-,19+,22?/m1/s1. The number of fused-ring (bicyclic) bond motifs is 1. The number of para-hydroxylation sites is 1. The lowest BCUT2D eigenvalue weighted by atomic mass is 10.1. The van der Waals surface area contributed by atoms with Crippen LogP contribution >= 0.6 is 0 Å². The molecule has 2 aromatic carbocycles. The van der Waals surface area contributed by atoms with Crippen molar-refractivity contribution in [1.29, 1.82) is 0 Å². The van der Waals surface area contributed by atoms with Gasteiger partial charge in [-0.2, -0.15) is 4.31 Å². The molecular formula is C20H19N3O6S. The van der Waals surface area contributed by atoms with Gasteiger partial charge in [0.05, 0.1) is 23.0 Å². The lowest BCUT2D eigenvalue weighted by Crippen LogP contribution is -2.41. The number of hydrogen-bond acceptors (Lipinski definition) is 6. The summed E-state index contributed by atoms with van der Waals surface area (Å²) in [6, 6.07) is 13.0. The molecule has 0 N–H and O–H groups in total. The van der Waals surface area contributed by atoms with E-state index in [4.69, 9.17) is 4.74 Å². The number of amides is 1. The quantitative estimate of drug-likeness (QED) is 0.411. The van der Waals surface area contributed by atoms with E-state index in [1.54, 1.807) is 13.0 Å². The Bertz CT molecular complexity index is 1120. The molecule has 2 aromatic rings. The molecule has 0 spiro atoms. The van der Waals surface area contributed by atoms with Gasteiger partial charge in [-0.05, 0) is 24.6 Å². The second kappa shape index (κ2) is 7.54. The Kier molecular flexibility index (Phi) is 5.04. The van der Waals surface area contributed by atoms with Crippen LogP contribution in [-0.2, 0) is 21.4 Å². The van der Waals surface area contributed by atoms with Crippen molar-refractivity contribution >= 4 is 21.8 Å². The van der Waals surface area contributed by atoms with Crippen LogP contribution < -0.4 is 0 Å². The zero-order chi connectivity index (χ0) is 21.5. The first kappa shape index (κ1) is 20.0. The van der Waals surface area contributed by atoms with Gasteiger partial charge in [0.15, 0.2) is 4.90 Å². The Morgan fingerprint density at radius 2 is 1.80 bits per heavy atom. The first-order valence-electron chi connectivity index (χ1n) is 9.26. The molecule has 4 atom stereocenters. The van der Waals surface area contributed by atoms with E-state index in [0.717, 1.165) is 11.6 Å². The first-order chi connectivity index (χ1) is 14.3. The molecule has 1 amide bonds. The van der Waals surface area contributed by atoms with Gasteiger partial charge < -0.3 is 4.74 Å². The van der Waals surface area contributed by atoms with Crippen molar-refractivity contribution in [2.45, 2.75) is 36.6 Å². The van der Waals surface area contributed by atoms with Gasteiger partial charge >= 0.3 is 6.09 Å². The normalized spacial score (nSPS) is 24.8. The van der Waals surface area contributed by atoms with E-state index in [1.807, 2.05) is 30.3 Å². The van der Waals surface area contributed by atoms with Crippen molar-refractivity contribution in [1.82, 2.24) is 9.21 Å². The summed E-state index contributed by atoms with van der Waals surface area (Å²) in [4.78, 5) is 24.0. The van der Waals surface area contributed by atoms with Crippen molar-refractivity contribution in [3.8, 4) is 0 Å². The predicted octanol–water partition coefficient (Wildman–Crippen LogP) is 2.89. The van der Waals surface area contributed by atoms with Crippen LogP contribution in [0.5, 0.6) is 0 Å². The molecule has 1 fully saturated rings. The summed E-state index contributed by atoms with van der Waals surface area (Å²) in [7, 11) is -4.10. The van der Waals surface area contributed by atoms with E-state index in [-0.39, 0.29) is 11.5 Å². The lowest BCUT2D eigenvalue weighted by Gasteiger charge is -2.26. The zero-order valence-corrected chi connectivity index (χ0v) is 16.8. The number of ether oxygens (including phenoxy) is 1. The minimum absolute atomic E-state index is 0.100. The molecule has 0 aromatic heterocycles. The van der Waals surface area contributed by atoms with E-state index in [0.29, 0.717) is 0 Å². The Hall–Kier alpha value is -3.24. The number of sulfonamides is 1. The molecule has 0 aliphatic carbocycles. The monoisotopic (exact) mass is 429 g/mol. The molecule has 2 aliphatic heterocycles. The van der Waals surface area contributed by atoms with Gasteiger partial charge in [0, 0.05) is 12.3 Å². The molecule has 0 bridgehead atoms. The summed E-state index contributed by atoms with van der Waals surface area (Å²) in [5.74, 6) is 0. The Morgan fingerprint density at radius 1 is 1.13 bits per heavy atom. The van der Waals surface area contributed by atoms with Gasteiger partial charge in [-0.3, -0.25) is 15.0 Å². The van der Waals surface area contributed by atoms with E-state index < -0.39 is 44.9 Å². The number of benzene rings is 2. The second-order valence-corrected chi connectivity index (χ2v) is 8.88. The molecule has 2 heterocycles. The zero-order valence-electron chi connectivity index (χ0n) is 16.0. The van der Waals surface area contributed by atoms with Crippen LogP contribution in [0.1, 0.15) is 12.5 Å². The van der Waals surface area contributed by atoms with Gasteiger partial charge in [-0.1, -0.05) is 42.5 Å². The highest BCUT2D eigenvalue weighted by atomic mass is 32.2. The Balaban J connectivity index is 1.50. The summed E-state index contributed by atoms with van der Waals surface area (Å²) >= 11 is 0. The highest BCUT2D eigenvalue weighted by Crippen LogP contribution is 2.44. The molecule has 0 radical (unpaired) electrons. The summed E-state index contributed by atoms with van der Waals surface area (Å²) in [6.07, 6.45) is 2.52. The molecule has 4 rings (SSSR count). The largest absolute Gasteiger partial charge is 0.444 e. The molecule has 30 heavy (non-hydrogen) atoms. The van der Waals surface area contributed by atoms with Crippen molar-refractivity contribution in [3.05, 3.63) is 82.6 Å². The molecule has 1 unspecified atom stereocenters. The average Bonchev–Trinajstić information content (AvgIpc) is 3.49. The Morgan fingerprint density at radius 3 is 2.50 bits per heavy atom. The van der Waals surface area contributed by atoms with Crippen LogP contribution in [0.4, 0.5) is 10.5 Å². The van der Waals surface area contributed by atoms with Gasteiger partial charge in [0.2, 0.25) is 0 Å². The third-order valence-electron chi connectivity index (χ3n) is 5.26. The molecule has 2 aliphatic rings. The fourth-order valence-electron chi connectivity index (χ4n) is 3.71. The number of rotatable bonds is 5. The highest BCUT2D eigenvalue weighted by Gasteiger charge is 2.60. The minimum atomic E-state index is -4.10. The molecule has 1 saturated heterocycles. The molecular weight excluding hydrogens is 410 g/mol. The smallest absolute Gasteiger partial charge is 0.414 e. The van der Waals surface area contributed by atoms with Gasteiger partial charge in [0.25, 0.3) is 15.7 Å².